The van der Waals surface area contributed by atoms with Crippen molar-refractivity contribution >= 4 is 22.9 Å². The molecule has 0 saturated heterocycles. The van der Waals surface area contributed by atoms with Crippen molar-refractivity contribution in [1.29, 1.82) is 0 Å². The second-order valence-corrected chi connectivity index (χ2v) is 7.83. The number of methoxy groups -OCH3 is 1. The third-order valence-electron chi connectivity index (χ3n) is 2.96. The molecule has 0 aromatic heterocycles. The zero-order valence-electron chi connectivity index (χ0n) is 12.8. The van der Waals surface area contributed by atoms with Gasteiger partial charge in [-0.15, -0.1) is 0 Å². The molecule has 0 aliphatic carbocycles. The Morgan fingerprint density at radius 2 is 2.16 bits per heavy atom. The number of aliphatic imine (C=N–C) groups is 1. The average molecular weight is 286 g/mol. The van der Waals surface area contributed by atoms with Crippen LogP contribution in [0.25, 0.3) is 0 Å². The Balaban J connectivity index is 2.52. The van der Waals surface area contributed by atoms with E-state index in [1.807, 2.05) is 13.8 Å². The summed E-state index contributed by atoms with van der Waals surface area (Å²) in [6.45, 7) is 11.6. The number of hydrogen-bond acceptors (Lipinski definition) is 5. The van der Waals surface area contributed by atoms with Crippen LogP contribution in [0.5, 0.6) is 0 Å². The van der Waals surface area contributed by atoms with Crippen LogP contribution in [0.1, 0.15) is 41.0 Å². The Labute approximate surface area is 120 Å². The van der Waals surface area contributed by atoms with E-state index in [1.54, 1.807) is 11.8 Å². The number of nitrogens with zero attached hydrogens (tertiary/aromatic N) is 1. The number of carbonyl (C=O) groups excluding carboxylic acids is 1. The van der Waals surface area contributed by atoms with Gasteiger partial charge in [-0.25, -0.2) is 4.79 Å². The van der Waals surface area contributed by atoms with Crippen LogP contribution in [0.2, 0.25) is 0 Å². The van der Waals surface area contributed by atoms with Gasteiger partial charge in [0.15, 0.2) is 5.17 Å². The number of rotatable bonds is 4. The van der Waals surface area contributed by atoms with Gasteiger partial charge in [0.25, 0.3) is 0 Å². The van der Waals surface area contributed by atoms with Crippen molar-refractivity contribution in [2.24, 2.45) is 16.3 Å². The topological polar surface area (TPSA) is 50.7 Å². The van der Waals surface area contributed by atoms with E-state index in [4.69, 9.17) is 4.74 Å². The highest BCUT2D eigenvalue weighted by Crippen LogP contribution is 2.31. The molecule has 0 fully saturated rings. The molecule has 19 heavy (non-hydrogen) atoms. The summed E-state index contributed by atoms with van der Waals surface area (Å²) in [5.74, 6) is -0.0463. The lowest BCUT2D eigenvalue weighted by Gasteiger charge is -2.23. The molecule has 5 heteroatoms. The highest BCUT2D eigenvalue weighted by Gasteiger charge is 2.29. The minimum Gasteiger partial charge on any atom is -0.467 e. The average Bonchev–Trinajstić information content (AvgIpc) is 2.69. The maximum atomic E-state index is 11.7. The predicted molar refractivity (Wildman–Crippen MR) is 81.5 cm³/mol. The van der Waals surface area contributed by atoms with Gasteiger partial charge < -0.3 is 10.1 Å². The van der Waals surface area contributed by atoms with E-state index in [0.29, 0.717) is 10.7 Å². The van der Waals surface area contributed by atoms with E-state index in [1.165, 1.54) is 7.11 Å². The molecule has 4 nitrogen and oxygen atoms in total. The molecule has 1 heterocycles. The monoisotopic (exact) mass is 286 g/mol. The van der Waals surface area contributed by atoms with Crippen molar-refractivity contribution in [3.8, 4) is 0 Å². The molecule has 0 saturated carbocycles. The van der Waals surface area contributed by atoms with E-state index in [2.05, 4.69) is 31.1 Å². The van der Waals surface area contributed by atoms with Crippen LogP contribution in [0, 0.1) is 11.3 Å². The Morgan fingerprint density at radius 3 is 2.63 bits per heavy atom. The first-order valence-electron chi connectivity index (χ1n) is 6.78. The first kappa shape index (κ1) is 16.3. The number of nitrogens with one attached hydrogen (secondary N) is 1. The summed E-state index contributed by atoms with van der Waals surface area (Å²) in [5, 5.41) is 4.60. The van der Waals surface area contributed by atoms with Crippen LogP contribution in [0.3, 0.4) is 0 Å². The van der Waals surface area contributed by atoms with Crippen molar-refractivity contribution in [3.05, 3.63) is 0 Å². The van der Waals surface area contributed by atoms with E-state index in [0.717, 1.165) is 18.1 Å². The van der Waals surface area contributed by atoms with Gasteiger partial charge in [-0.1, -0.05) is 46.4 Å². The summed E-state index contributed by atoms with van der Waals surface area (Å²) in [6.07, 6.45) is 1.12. The van der Waals surface area contributed by atoms with Crippen LogP contribution in [-0.2, 0) is 9.53 Å². The SMILES string of the molecule is COC(=O)C(NC1=NCC(CC(C)(C)C)S1)C(C)C. The Morgan fingerprint density at radius 1 is 1.53 bits per heavy atom. The molecule has 2 atom stereocenters. The largest absolute Gasteiger partial charge is 0.467 e. The molecule has 1 rings (SSSR count). The number of ether oxygens (including phenoxy) is 1. The fraction of sp³-hybridized carbons (Fsp3) is 0.857. The third-order valence-corrected chi connectivity index (χ3v) is 4.08. The fourth-order valence-electron chi connectivity index (χ4n) is 2.04. The van der Waals surface area contributed by atoms with E-state index in [9.17, 15) is 4.79 Å². The van der Waals surface area contributed by atoms with Crippen LogP contribution >= 0.6 is 11.8 Å². The lowest BCUT2D eigenvalue weighted by atomic mass is 9.90. The molecule has 2 unspecified atom stereocenters. The van der Waals surface area contributed by atoms with Gasteiger partial charge in [0.2, 0.25) is 0 Å². The lowest BCUT2D eigenvalue weighted by molar-refractivity contribution is -0.143. The van der Waals surface area contributed by atoms with Crippen LogP contribution in [0.15, 0.2) is 4.99 Å². The van der Waals surface area contributed by atoms with Crippen molar-refractivity contribution in [1.82, 2.24) is 5.32 Å². The van der Waals surface area contributed by atoms with Crippen molar-refractivity contribution < 1.29 is 9.53 Å². The molecule has 0 spiro atoms. The highest BCUT2D eigenvalue weighted by molar-refractivity contribution is 8.14. The van der Waals surface area contributed by atoms with Gasteiger partial charge in [0.1, 0.15) is 6.04 Å². The van der Waals surface area contributed by atoms with Crippen LogP contribution in [0.4, 0.5) is 0 Å². The van der Waals surface area contributed by atoms with Gasteiger partial charge in [-0.05, 0) is 17.8 Å². The lowest BCUT2D eigenvalue weighted by Crippen LogP contribution is -2.43. The second-order valence-electron chi connectivity index (χ2n) is 6.54. The van der Waals surface area contributed by atoms with Crippen LogP contribution < -0.4 is 5.32 Å². The molecule has 0 bridgehead atoms. The first-order chi connectivity index (χ1) is 8.73. The molecule has 0 amide bonds. The van der Waals surface area contributed by atoms with Gasteiger partial charge >= 0.3 is 5.97 Å². The predicted octanol–water partition coefficient (Wildman–Crippen LogP) is 2.68. The normalized spacial score (nSPS) is 21.2. The molecular formula is C14H26N2O2S. The summed E-state index contributed by atoms with van der Waals surface area (Å²) in [7, 11) is 1.42. The first-order valence-corrected chi connectivity index (χ1v) is 7.66. The van der Waals surface area contributed by atoms with Gasteiger partial charge in [0, 0.05) is 5.25 Å². The zero-order chi connectivity index (χ0) is 14.6. The molecule has 0 aromatic carbocycles. The van der Waals surface area contributed by atoms with Crippen molar-refractivity contribution in [3.63, 3.8) is 0 Å². The van der Waals surface area contributed by atoms with E-state index < -0.39 is 0 Å². The summed E-state index contributed by atoms with van der Waals surface area (Å²) >= 11 is 1.74. The number of carbonyl (C=O) groups is 1. The van der Waals surface area contributed by atoms with Gasteiger partial charge in [-0.2, -0.15) is 0 Å². The molecule has 1 aliphatic rings. The Bertz CT molecular complexity index is 348. The Kier molecular flexibility index (Phi) is 5.71. The van der Waals surface area contributed by atoms with Gasteiger partial charge in [0.05, 0.1) is 13.7 Å². The van der Waals surface area contributed by atoms with Crippen molar-refractivity contribution in [2.45, 2.75) is 52.3 Å². The molecule has 1 N–H and O–H groups in total. The van der Waals surface area contributed by atoms with Gasteiger partial charge in [-0.3, -0.25) is 4.99 Å². The zero-order valence-corrected chi connectivity index (χ0v) is 13.6. The molecule has 110 valence electrons. The molecular weight excluding hydrogens is 260 g/mol. The Hall–Kier alpha value is -0.710. The molecule has 1 aliphatic heterocycles. The number of esters is 1. The summed E-state index contributed by atoms with van der Waals surface area (Å²) in [5.41, 5.74) is 0.308. The smallest absolute Gasteiger partial charge is 0.328 e. The fourth-order valence-corrected chi connectivity index (χ4v) is 3.44. The van der Waals surface area contributed by atoms with Crippen LogP contribution in [-0.4, -0.2) is 36.1 Å². The number of thioether (sulfide) groups is 1. The maximum absolute atomic E-state index is 11.7. The maximum Gasteiger partial charge on any atom is 0.328 e. The highest BCUT2D eigenvalue weighted by atomic mass is 32.2. The minimum atomic E-state index is -0.315. The summed E-state index contributed by atoms with van der Waals surface area (Å²) in [6, 6.07) is -0.315. The number of amidine groups is 1. The summed E-state index contributed by atoms with van der Waals surface area (Å²) in [4.78, 5) is 16.2. The molecule has 0 aromatic rings. The van der Waals surface area contributed by atoms with Crippen molar-refractivity contribution in [2.75, 3.05) is 13.7 Å². The van der Waals surface area contributed by atoms with E-state index >= 15 is 0 Å². The quantitative estimate of drug-likeness (QED) is 0.807. The summed E-state index contributed by atoms with van der Waals surface area (Å²) < 4.78 is 4.83. The van der Waals surface area contributed by atoms with E-state index in [-0.39, 0.29) is 17.9 Å². The standard InChI is InChI=1S/C14H26N2O2S/c1-9(2)11(12(17)18-6)16-13-15-8-10(19-13)7-14(3,4)5/h9-11H,7-8H2,1-6H3,(H,15,16). The third kappa shape index (κ3) is 5.43. The second kappa shape index (κ2) is 6.64. The minimum absolute atomic E-state index is 0.178. The molecule has 0 radical (unpaired) electrons. The number of hydrogen-bond donors (Lipinski definition) is 1.